The summed E-state index contributed by atoms with van der Waals surface area (Å²) in [7, 11) is 0. The molecule has 0 aliphatic carbocycles. The first-order valence-electron chi connectivity index (χ1n) is 13.5. The van der Waals surface area contributed by atoms with Crippen molar-refractivity contribution in [3.05, 3.63) is 48.2 Å². The number of piperidine rings is 2. The number of benzene rings is 1. The zero-order valence-electron chi connectivity index (χ0n) is 21.5. The lowest BCUT2D eigenvalue weighted by Crippen LogP contribution is -2.46. The summed E-state index contributed by atoms with van der Waals surface area (Å²) in [5.74, 6) is 1.60. The summed E-state index contributed by atoms with van der Waals surface area (Å²) in [6.45, 7) is 5.97. The minimum absolute atomic E-state index is 0.0418. The van der Waals surface area contributed by atoms with Crippen LogP contribution in [0.3, 0.4) is 0 Å². The average Bonchev–Trinajstić information content (AvgIpc) is 3.45. The van der Waals surface area contributed by atoms with E-state index in [-0.39, 0.29) is 29.6 Å². The lowest BCUT2D eigenvalue weighted by atomic mass is 9.88. The molecule has 37 heavy (non-hydrogen) atoms. The molecule has 1 N–H and O–H groups in total. The van der Waals surface area contributed by atoms with Gasteiger partial charge in [0.25, 0.3) is 0 Å². The van der Waals surface area contributed by atoms with Crippen molar-refractivity contribution in [2.24, 2.45) is 11.8 Å². The molecule has 2 aromatic rings. The second kappa shape index (κ2) is 11.3. The van der Waals surface area contributed by atoms with Gasteiger partial charge in [-0.3, -0.25) is 14.4 Å². The Kier molecular flexibility index (Phi) is 7.67. The molecule has 3 saturated heterocycles. The van der Waals surface area contributed by atoms with Crippen molar-refractivity contribution in [3.63, 3.8) is 0 Å². The second-order valence-corrected chi connectivity index (χ2v) is 10.5. The standard InChI is InChI=1S/C28H36N6O3/c1-20(35)32-14-10-23(11-15-32)28(37)33-16-8-22(9-17-33)21-4-6-25(7-5-21)30-27(36)24-12-18-34(19-24)26-3-2-13-29-31-26/h2-7,13,22-24H,8-12,14-19H2,1H3,(H,30,36). The predicted molar refractivity (Wildman–Crippen MR) is 141 cm³/mol. The molecule has 9 nitrogen and oxygen atoms in total. The normalized spacial score (nSPS) is 21.2. The summed E-state index contributed by atoms with van der Waals surface area (Å²) in [4.78, 5) is 43.3. The Morgan fingerprint density at radius 3 is 2.16 bits per heavy atom. The highest BCUT2D eigenvalue weighted by atomic mass is 16.2. The van der Waals surface area contributed by atoms with Crippen LogP contribution in [0.4, 0.5) is 11.5 Å². The molecule has 9 heteroatoms. The third-order valence-electron chi connectivity index (χ3n) is 8.19. The predicted octanol–water partition coefficient (Wildman–Crippen LogP) is 2.91. The van der Waals surface area contributed by atoms with Gasteiger partial charge in [-0.1, -0.05) is 12.1 Å². The Hall–Kier alpha value is -3.49. The fourth-order valence-corrected chi connectivity index (χ4v) is 5.86. The van der Waals surface area contributed by atoms with Crippen LogP contribution in [-0.2, 0) is 14.4 Å². The van der Waals surface area contributed by atoms with Crippen LogP contribution in [0.5, 0.6) is 0 Å². The molecule has 1 atom stereocenters. The van der Waals surface area contributed by atoms with Crippen LogP contribution in [-0.4, -0.2) is 77.0 Å². The van der Waals surface area contributed by atoms with E-state index in [1.807, 2.05) is 34.1 Å². The molecule has 4 heterocycles. The molecular formula is C28H36N6O3. The van der Waals surface area contributed by atoms with Gasteiger partial charge in [0, 0.05) is 64.0 Å². The summed E-state index contributed by atoms with van der Waals surface area (Å²) >= 11 is 0. The number of anilines is 2. The van der Waals surface area contributed by atoms with Crippen molar-refractivity contribution >= 4 is 29.2 Å². The largest absolute Gasteiger partial charge is 0.354 e. The fraction of sp³-hybridized carbons (Fsp3) is 0.536. The Morgan fingerprint density at radius 2 is 1.51 bits per heavy atom. The SMILES string of the molecule is CC(=O)N1CCC(C(=O)N2CCC(c3ccc(NC(=O)C4CCN(c5cccnn5)C4)cc3)CC2)CC1. The van der Waals surface area contributed by atoms with E-state index < -0.39 is 0 Å². The van der Waals surface area contributed by atoms with E-state index in [1.165, 1.54) is 5.56 Å². The maximum absolute atomic E-state index is 13.0. The molecule has 0 saturated carbocycles. The lowest BCUT2D eigenvalue weighted by molar-refractivity contribution is -0.140. The van der Waals surface area contributed by atoms with Gasteiger partial charge in [-0.15, -0.1) is 5.10 Å². The van der Waals surface area contributed by atoms with E-state index in [9.17, 15) is 14.4 Å². The zero-order chi connectivity index (χ0) is 25.8. The Labute approximate surface area is 218 Å². The third-order valence-corrected chi connectivity index (χ3v) is 8.19. The van der Waals surface area contributed by atoms with Gasteiger partial charge in [0.05, 0.1) is 5.92 Å². The van der Waals surface area contributed by atoms with Crippen molar-refractivity contribution in [1.82, 2.24) is 20.0 Å². The van der Waals surface area contributed by atoms with Crippen LogP contribution in [0.15, 0.2) is 42.6 Å². The van der Waals surface area contributed by atoms with Crippen molar-refractivity contribution in [1.29, 1.82) is 0 Å². The summed E-state index contributed by atoms with van der Waals surface area (Å²) in [5, 5.41) is 11.2. The number of rotatable bonds is 5. The molecule has 3 amide bonds. The highest BCUT2D eigenvalue weighted by molar-refractivity contribution is 5.93. The number of likely N-dealkylation sites (tertiary alicyclic amines) is 2. The van der Waals surface area contributed by atoms with Gasteiger partial charge in [0.1, 0.15) is 0 Å². The quantitative estimate of drug-likeness (QED) is 0.672. The van der Waals surface area contributed by atoms with Crippen molar-refractivity contribution in [3.8, 4) is 0 Å². The van der Waals surface area contributed by atoms with Gasteiger partial charge in [-0.2, -0.15) is 5.10 Å². The van der Waals surface area contributed by atoms with E-state index in [0.29, 0.717) is 25.6 Å². The first-order chi connectivity index (χ1) is 18.0. The average molecular weight is 505 g/mol. The third kappa shape index (κ3) is 5.92. The van der Waals surface area contributed by atoms with Gasteiger partial charge in [-0.05, 0) is 67.9 Å². The number of aromatic nitrogens is 2. The van der Waals surface area contributed by atoms with E-state index in [2.05, 4.69) is 32.5 Å². The summed E-state index contributed by atoms with van der Waals surface area (Å²) in [6.07, 6.45) is 5.88. The number of nitrogens with one attached hydrogen (secondary N) is 1. The summed E-state index contributed by atoms with van der Waals surface area (Å²) < 4.78 is 0. The molecule has 0 bridgehead atoms. The highest BCUT2D eigenvalue weighted by Gasteiger charge is 2.32. The zero-order valence-corrected chi connectivity index (χ0v) is 21.5. The molecule has 0 radical (unpaired) electrons. The molecule has 196 valence electrons. The monoisotopic (exact) mass is 504 g/mol. The molecule has 1 aromatic heterocycles. The van der Waals surface area contributed by atoms with Gasteiger partial charge in [0.15, 0.2) is 5.82 Å². The van der Waals surface area contributed by atoms with Crippen molar-refractivity contribution in [2.75, 3.05) is 49.5 Å². The maximum atomic E-state index is 13.0. The number of amides is 3. The number of hydrogen-bond donors (Lipinski definition) is 1. The Bertz CT molecular complexity index is 1090. The van der Waals surface area contributed by atoms with Gasteiger partial charge in [-0.25, -0.2) is 0 Å². The van der Waals surface area contributed by atoms with E-state index in [0.717, 1.165) is 63.2 Å². The molecule has 1 aromatic carbocycles. The van der Waals surface area contributed by atoms with Gasteiger partial charge in [0.2, 0.25) is 17.7 Å². The van der Waals surface area contributed by atoms with Gasteiger partial charge >= 0.3 is 0 Å². The van der Waals surface area contributed by atoms with E-state index in [1.54, 1.807) is 13.1 Å². The smallest absolute Gasteiger partial charge is 0.229 e. The first-order valence-corrected chi connectivity index (χ1v) is 13.5. The minimum Gasteiger partial charge on any atom is -0.354 e. The van der Waals surface area contributed by atoms with E-state index in [4.69, 9.17) is 0 Å². The van der Waals surface area contributed by atoms with Crippen LogP contribution >= 0.6 is 0 Å². The molecule has 0 spiro atoms. The first kappa shape index (κ1) is 25.2. The highest BCUT2D eigenvalue weighted by Crippen LogP contribution is 2.31. The number of nitrogens with zero attached hydrogens (tertiary/aromatic N) is 5. The van der Waals surface area contributed by atoms with E-state index >= 15 is 0 Å². The number of hydrogen-bond acceptors (Lipinski definition) is 6. The molecule has 3 aliphatic heterocycles. The molecule has 3 fully saturated rings. The second-order valence-electron chi connectivity index (χ2n) is 10.5. The molecule has 5 rings (SSSR count). The van der Waals surface area contributed by atoms with Crippen molar-refractivity contribution < 1.29 is 14.4 Å². The minimum atomic E-state index is -0.0711. The lowest BCUT2D eigenvalue weighted by Gasteiger charge is -2.37. The summed E-state index contributed by atoms with van der Waals surface area (Å²) in [6, 6.07) is 12.0. The molecular weight excluding hydrogens is 468 g/mol. The van der Waals surface area contributed by atoms with Crippen LogP contribution in [0.2, 0.25) is 0 Å². The summed E-state index contributed by atoms with van der Waals surface area (Å²) in [5.41, 5.74) is 2.07. The maximum Gasteiger partial charge on any atom is 0.229 e. The fourth-order valence-electron chi connectivity index (χ4n) is 5.86. The topological polar surface area (TPSA) is 98.7 Å². The number of carbonyl (C=O) groups is 3. The number of carbonyl (C=O) groups excluding carboxylic acids is 3. The Balaban J connectivity index is 1.08. The van der Waals surface area contributed by atoms with Crippen LogP contribution < -0.4 is 10.2 Å². The van der Waals surface area contributed by atoms with Crippen LogP contribution in [0, 0.1) is 11.8 Å². The Morgan fingerprint density at radius 1 is 0.838 bits per heavy atom. The molecule has 3 aliphatic rings. The van der Waals surface area contributed by atoms with Crippen LogP contribution in [0.25, 0.3) is 0 Å². The van der Waals surface area contributed by atoms with Crippen LogP contribution in [0.1, 0.15) is 50.5 Å². The van der Waals surface area contributed by atoms with Crippen molar-refractivity contribution in [2.45, 2.75) is 44.9 Å². The molecule has 1 unspecified atom stereocenters. The van der Waals surface area contributed by atoms with Gasteiger partial charge < -0.3 is 20.0 Å².